The van der Waals surface area contributed by atoms with Gasteiger partial charge in [-0.1, -0.05) is 12.1 Å². The Morgan fingerprint density at radius 3 is 3.06 bits per heavy atom. The molecule has 2 unspecified atom stereocenters. The van der Waals surface area contributed by atoms with Crippen LogP contribution in [-0.4, -0.2) is 24.4 Å². The van der Waals surface area contributed by atoms with Crippen molar-refractivity contribution in [2.75, 3.05) is 13.2 Å². The van der Waals surface area contributed by atoms with Gasteiger partial charge in [0, 0.05) is 12.8 Å². The molecule has 1 aromatic carbocycles. The first kappa shape index (κ1) is 12.4. The van der Waals surface area contributed by atoms with Crippen molar-refractivity contribution in [1.29, 1.82) is 0 Å². The van der Waals surface area contributed by atoms with Crippen molar-refractivity contribution in [2.45, 2.75) is 38.4 Å². The first-order valence-corrected chi connectivity index (χ1v) is 6.21. The van der Waals surface area contributed by atoms with Crippen LogP contribution in [0.4, 0.5) is 0 Å². The molecule has 1 aliphatic heterocycles. The fourth-order valence-corrected chi connectivity index (χ4v) is 2.37. The predicted octanol–water partition coefficient (Wildman–Crippen LogP) is 2.47. The summed E-state index contributed by atoms with van der Waals surface area (Å²) in [6.45, 7) is 5.20. The highest BCUT2D eigenvalue weighted by molar-refractivity contribution is 5.32. The molecular formula is C14H20O3. The minimum atomic E-state index is -0.773. The van der Waals surface area contributed by atoms with Crippen LogP contribution < -0.4 is 4.74 Å². The predicted molar refractivity (Wildman–Crippen MR) is 66.2 cm³/mol. The molecule has 0 bridgehead atoms. The molecule has 0 aliphatic carbocycles. The van der Waals surface area contributed by atoms with Crippen molar-refractivity contribution in [3.05, 3.63) is 29.8 Å². The summed E-state index contributed by atoms with van der Waals surface area (Å²) in [5.41, 5.74) is 0.156. The van der Waals surface area contributed by atoms with Gasteiger partial charge in [0.1, 0.15) is 5.75 Å². The maximum Gasteiger partial charge on any atom is 0.119 e. The van der Waals surface area contributed by atoms with Crippen LogP contribution in [0, 0.1) is 0 Å². The number of benzene rings is 1. The van der Waals surface area contributed by atoms with Crippen molar-refractivity contribution in [2.24, 2.45) is 0 Å². The molecule has 1 saturated heterocycles. The summed E-state index contributed by atoms with van der Waals surface area (Å²) >= 11 is 0. The minimum Gasteiger partial charge on any atom is -0.494 e. The second-order valence-corrected chi connectivity index (χ2v) is 4.63. The Morgan fingerprint density at radius 1 is 1.53 bits per heavy atom. The third-order valence-electron chi connectivity index (χ3n) is 3.23. The Bertz CT molecular complexity index is 377. The summed E-state index contributed by atoms with van der Waals surface area (Å²) < 4.78 is 10.9. The molecule has 1 fully saturated rings. The van der Waals surface area contributed by atoms with Gasteiger partial charge in [0.15, 0.2) is 0 Å². The minimum absolute atomic E-state index is 0.101. The molecular weight excluding hydrogens is 216 g/mol. The van der Waals surface area contributed by atoms with Crippen LogP contribution in [0.2, 0.25) is 0 Å². The molecule has 1 N–H and O–H groups in total. The fraction of sp³-hybridized carbons (Fsp3) is 0.571. The highest BCUT2D eigenvalue weighted by Gasteiger charge is 2.35. The number of aliphatic hydroxyl groups is 1. The number of rotatable bonds is 3. The van der Waals surface area contributed by atoms with Gasteiger partial charge in [-0.3, -0.25) is 0 Å². The molecule has 2 rings (SSSR count). The third-order valence-corrected chi connectivity index (χ3v) is 3.23. The quantitative estimate of drug-likeness (QED) is 0.876. The molecule has 17 heavy (non-hydrogen) atoms. The molecule has 2 atom stereocenters. The topological polar surface area (TPSA) is 38.7 Å². The molecule has 0 aromatic heterocycles. The number of hydrogen-bond donors (Lipinski definition) is 1. The zero-order valence-electron chi connectivity index (χ0n) is 10.5. The summed E-state index contributed by atoms with van der Waals surface area (Å²) in [7, 11) is 0. The standard InChI is InChI=1S/C14H20O3/c1-3-16-13-6-4-5-12(9-13)14(15)7-8-17-11(2)10-14/h4-6,9,11,15H,3,7-8,10H2,1-2H3. The van der Waals surface area contributed by atoms with Crippen molar-refractivity contribution in [1.82, 2.24) is 0 Å². The van der Waals surface area contributed by atoms with Crippen LogP contribution in [0.3, 0.4) is 0 Å². The number of hydrogen-bond acceptors (Lipinski definition) is 3. The van der Waals surface area contributed by atoms with E-state index in [1.54, 1.807) is 0 Å². The van der Waals surface area contributed by atoms with E-state index < -0.39 is 5.60 Å². The smallest absolute Gasteiger partial charge is 0.119 e. The average molecular weight is 236 g/mol. The first-order valence-electron chi connectivity index (χ1n) is 6.21. The lowest BCUT2D eigenvalue weighted by molar-refractivity contribution is -0.101. The Hall–Kier alpha value is -1.06. The van der Waals surface area contributed by atoms with Gasteiger partial charge in [0.05, 0.1) is 24.9 Å². The highest BCUT2D eigenvalue weighted by atomic mass is 16.5. The molecule has 3 nitrogen and oxygen atoms in total. The second kappa shape index (κ2) is 5.07. The van der Waals surface area contributed by atoms with E-state index in [2.05, 4.69) is 0 Å². The third kappa shape index (κ3) is 2.79. The maximum absolute atomic E-state index is 10.7. The van der Waals surface area contributed by atoms with Gasteiger partial charge in [-0.2, -0.15) is 0 Å². The van der Waals surface area contributed by atoms with E-state index in [9.17, 15) is 5.11 Å². The van der Waals surface area contributed by atoms with Crippen LogP contribution in [0.1, 0.15) is 32.3 Å². The summed E-state index contributed by atoms with van der Waals surface area (Å²) in [4.78, 5) is 0. The Kier molecular flexibility index (Phi) is 3.69. The lowest BCUT2D eigenvalue weighted by Crippen LogP contribution is -2.37. The Morgan fingerprint density at radius 2 is 2.35 bits per heavy atom. The zero-order valence-corrected chi connectivity index (χ0v) is 10.5. The van der Waals surface area contributed by atoms with Crippen molar-refractivity contribution in [3.8, 4) is 5.75 Å². The van der Waals surface area contributed by atoms with Gasteiger partial charge in [-0.15, -0.1) is 0 Å². The molecule has 0 spiro atoms. The molecule has 1 aromatic rings. The van der Waals surface area contributed by atoms with E-state index in [0.29, 0.717) is 26.1 Å². The Balaban J connectivity index is 2.22. The van der Waals surface area contributed by atoms with E-state index in [0.717, 1.165) is 11.3 Å². The monoisotopic (exact) mass is 236 g/mol. The van der Waals surface area contributed by atoms with E-state index in [4.69, 9.17) is 9.47 Å². The summed E-state index contributed by atoms with van der Waals surface area (Å²) in [5.74, 6) is 0.817. The van der Waals surface area contributed by atoms with Gasteiger partial charge >= 0.3 is 0 Å². The van der Waals surface area contributed by atoms with Crippen molar-refractivity contribution in [3.63, 3.8) is 0 Å². The van der Waals surface area contributed by atoms with Gasteiger partial charge in [0.25, 0.3) is 0 Å². The molecule has 0 amide bonds. The lowest BCUT2D eigenvalue weighted by atomic mass is 9.84. The van der Waals surface area contributed by atoms with Gasteiger partial charge in [-0.25, -0.2) is 0 Å². The van der Waals surface area contributed by atoms with Crippen LogP contribution in [0.15, 0.2) is 24.3 Å². The van der Waals surface area contributed by atoms with Crippen LogP contribution >= 0.6 is 0 Å². The van der Waals surface area contributed by atoms with Crippen molar-refractivity contribution < 1.29 is 14.6 Å². The summed E-state index contributed by atoms with van der Waals surface area (Å²) in [5, 5.41) is 10.7. The molecule has 1 heterocycles. The van der Waals surface area contributed by atoms with Crippen LogP contribution in [0.25, 0.3) is 0 Å². The lowest BCUT2D eigenvalue weighted by Gasteiger charge is -2.36. The van der Waals surface area contributed by atoms with Crippen LogP contribution in [0.5, 0.6) is 5.75 Å². The maximum atomic E-state index is 10.7. The summed E-state index contributed by atoms with van der Waals surface area (Å²) in [6, 6.07) is 7.74. The fourth-order valence-electron chi connectivity index (χ4n) is 2.37. The Labute approximate surface area is 102 Å². The number of ether oxygens (including phenoxy) is 2. The zero-order chi connectivity index (χ0) is 12.3. The van der Waals surface area contributed by atoms with Gasteiger partial charge in [-0.05, 0) is 31.5 Å². The first-order chi connectivity index (χ1) is 8.14. The molecule has 3 heteroatoms. The molecule has 1 aliphatic rings. The summed E-state index contributed by atoms with van der Waals surface area (Å²) in [6.07, 6.45) is 1.39. The molecule has 0 saturated carbocycles. The van der Waals surface area contributed by atoms with Crippen LogP contribution in [-0.2, 0) is 10.3 Å². The van der Waals surface area contributed by atoms with E-state index >= 15 is 0 Å². The molecule has 0 radical (unpaired) electrons. The second-order valence-electron chi connectivity index (χ2n) is 4.63. The molecule has 94 valence electrons. The SMILES string of the molecule is CCOc1cccc(C2(O)CCOC(C)C2)c1. The largest absolute Gasteiger partial charge is 0.494 e. The highest BCUT2D eigenvalue weighted by Crippen LogP contribution is 2.35. The van der Waals surface area contributed by atoms with Crippen molar-refractivity contribution >= 4 is 0 Å². The van der Waals surface area contributed by atoms with E-state index in [1.165, 1.54) is 0 Å². The normalized spacial score (nSPS) is 29.0. The van der Waals surface area contributed by atoms with E-state index in [-0.39, 0.29) is 6.10 Å². The average Bonchev–Trinajstić information content (AvgIpc) is 2.29. The van der Waals surface area contributed by atoms with Gasteiger partial charge in [0.2, 0.25) is 0 Å². The van der Waals surface area contributed by atoms with Gasteiger partial charge < -0.3 is 14.6 Å². The van der Waals surface area contributed by atoms with E-state index in [1.807, 2.05) is 38.1 Å².